The summed E-state index contributed by atoms with van der Waals surface area (Å²) in [6.07, 6.45) is 5.06. The van der Waals surface area contributed by atoms with Crippen LogP contribution in [0.15, 0.2) is 12.5 Å². The third-order valence-corrected chi connectivity index (χ3v) is 2.25. The average molecular weight is 196 g/mol. The highest BCUT2D eigenvalue weighted by molar-refractivity contribution is 5.02. The molecule has 3 nitrogen and oxygen atoms in total. The zero-order valence-electron chi connectivity index (χ0n) is 9.27. The Kier molecular flexibility index (Phi) is 4.14. The van der Waals surface area contributed by atoms with Crippen molar-refractivity contribution >= 4 is 0 Å². The van der Waals surface area contributed by atoms with Crippen molar-refractivity contribution in [3.63, 3.8) is 0 Å². The summed E-state index contributed by atoms with van der Waals surface area (Å²) in [7, 11) is 0. The van der Waals surface area contributed by atoms with Gasteiger partial charge in [0.15, 0.2) is 0 Å². The van der Waals surface area contributed by atoms with Crippen LogP contribution in [-0.4, -0.2) is 14.7 Å². The maximum absolute atomic E-state index is 9.93. The molecule has 0 spiro atoms. The zero-order valence-corrected chi connectivity index (χ0v) is 9.27. The summed E-state index contributed by atoms with van der Waals surface area (Å²) in [4.78, 5) is 4.07. The summed E-state index contributed by atoms with van der Waals surface area (Å²) in [5, 5.41) is 9.93. The van der Waals surface area contributed by atoms with E-state index in [4.69, 9.17) is 0 Å². The second kappa shape index (κ2) is 5.15. The van der Waals surface area contributed by atoms with E-state index in [1.165, 1.54) is 0 Å². The maximum atomic E-state index is 9.93. The van der Waals surface area contributed by atoms with Crippen molar-refractivity contribution in [1.29, 1.82) is 0 Å². The predicted octanol–water partition coefficient (Wildman–Crippen LogP) is 2.37. The number of aliphatic hydroxyl groups excluding tert-OH is 1. The van der Waals surface area contributed by atoms with Crippen LogP contribution in [-0.2, 0) is 6.54 Å². The van der Waals surface area contributed by atoms with Crippen LogP contribution in [0.1, 0.15) is 45.4 Å². The van der Waals surface area contributed by atoms with E-state index in [-0.39, 0.29) is 6.10 Å². The van der Waals surface area contributed by atoms with E-state index in [1.807, 2.05) is 4.57 Å². The van der Waals surface area contributed by atoms with E-state index in [9.17, 15) is 5.11 Å². The molecule has 3 heteroatoms. The molecule has 0 aromatic carbocycles. The molecule has 0 aliphatic carbocycles. The Morgan fingerprint density at radius 1 is 1.50 bits per heavy atom. The monoisotopic (exact) mass is 196 g/mol. The van der Waals surface area contributed by atoms with Gasteiger partial charge in [-0.15, -0.1) is 0 Å². The van der Waals surface area contributed by atoms with Gasteiger partial charge in [0.2, 0.25) is 0 Å². The topological polar surface area (TPSA) is 38.0 Å². The molecule has 1 heterocycles. The van der Waals surface area contributed by atoms with Crippen LogP contribution in [0.2, 0.25) is 0 Å². The highest BCUT2D eigenvalue weighted by Gasteiger charge is 2.13. The SMILES string of the molecule is CCCn1cncc1C(O)CC(C)C. The molecule has 1 N–H and O–H groups in total. The number of nitrogens with zero attached hydrogens (tertiary/aromatic N) is 2. The number of imidazole rings is 1. The fourth-order valence-corrected chi connectivity index (χ4v) is 1.60. The summed E-state index contributed by atoms with van der Waals surface area (Å²) in [5.41, 5.74) is 0.945. The van der Waals surface area contributed by atoms with Gasteiger partial charge >= 0.3 is 0 Å². The number of hydrogen-bond acceptors (Lipinski definition) is 2. The van der Waals surface area contributed by atoms with E-state index >= 15 is 0 Å². The van der Waals surface area contributed by atoms with Crippen molar-refractivity contribution in [3.05, 3.63) is 18.2 Å². The molecule has 0 aliphatic rings. The zero-order chi connectivity index (χ0) is 10.6. The molecule has 1 atom stereocenters. The summed E-state index contributed by atoms with van der Waals surface area (Å²) in [6, 6.07) is 0. The van der Waals surface area contributed by atoms with Gasteiger partial charge in [-0.2, -0.15) is 0 Å². The first-order chi connectivity index (χ1) is 6.65. The summed E-state index contributed by atoms with van der Waals surface area (Å²) in [6.45, 7) is 7.29. The minimum Gasteiger partial charge on any atom is -0.387 e. The van der Waals surface area contributed by atoms with E-state index in [0.717, 1.165) is 25.1 Å². The first kappa shape index (κ1) is 11.2. The summed E-state index contributed by atoms with van der Waals surface area (Å²) in [5.74, 6) is 0.509. The van der Waals surface area contributed by atoms with Crippen molar-refractivity contribution < 1.29 is 5.11 Å². The second-order valence-corrected chi connectivity index (χ2v) is 4.16. The lowest BCUT2D eigenvalue weighted by atomic mass is 10.0. The van der Waals surface area contributed by atoms with Crippen LogP contribution in [0.25, 0.3) is 0 Å². The smallest absolute Gasteiger partial charge is 0.0958 e. The fourth-order valence-electron chi connectivity index (χ4n) is 1.60. The molecular formula is C11H20N2O. The molecule has 1 aromatic rings. The van der Waals surface area contributed by atoms with Gasteiger partial charge in [0.05, 0.1) is 24.3 Å². The van der Waals surface area contributed by atoms with Crippen LogP contribution in [0.4, 0.5) is 0 Å². The van der Waals surface area contributed by atoms with Gasteiger partial charge in [0.25, 0.3) is 0 Å². The molecule has 0 amide bonds. The molecule has 0 saturated carbocycles. The number of aliphatic hydroxyl groups is 1. The predicted molar refractivity (Wildman–Crippen MR) is 56.9 cm³/mol. The Morgan fingerprint density at radius 2 is 2.21 bits per heavy atom. The van der Waals surface area contributed by atoms with Crippen LogP contribution in [0.5, 0.6) is 0 Å². The van der Waals surface area contributed by atoms with Crippen molar-refractivity contribution in [2.24, 2.45) is 5.92 Å². The third-order valence-electron chi connectivity index (χ3n) is 2.25. The van der Waals surface area contributed by atoms with Crippen LogP contribution in [0.3, 0.4) is 0 Å². The molecule has 1 rings (SSSR count). The second-order valence-electron chi connectivity index (χ2n) is 4.16. The first-order valence-electron chi connectivity index (χ1n) is 5.33. The molecule has 0 bridgehead atoms. The van der Waals surface area contributed by atoms with Crippen molar-refractivity contribution in [3.8, 4) is 0 Å². The van der Waals surface area contributed by atoms with Crippen LogP contribution >= 0.6 is 0 Å². The lowest BCUT2D eigenvalue weighted by Gasteiger charge is -2.14. The Balaban J connectivity index is 2.68. The van der Waals surface area contributed by atoms with Gasteiger partial charge in [-0.3, -0.25) is 0 Å². The molecule has 0 aliphatic heterocycles. The fraction of sp³-hybridized carbons (Fsp3) is 0.727. The van der Waals surface area contributed by atoms with E-state index in [1.54, 1.807) is 12.5 Å². The third kappa shape index (κ3) is 2.84. The normalized spacial score (nSPS) is 13.5. The van der Waals surface area contributed by atoms with Gasteiger partial charge in [0, 0.05) is 6.54 Å². The molecule has 14 heavy (non-hydrogen) atoms. The Bertz CT molecular complexity index is 268. The molecule has 1 unspecified atom stereocenters. The summed E-state index contributed by atoms with van der Waals surface area (Å²) >= 11 is 0. The molecule has 0 saturated heterocycles. The minimum atomic E-state index is -0.371. The quantitative estimate of drug-likeness (QED) is 0.785. The van der Waals surface area contributed by atoms with Gasteiger partial charge in [-0.05, 0) is 18.8 Å². The van der Waals surface area contributed by atoms with E-state index in [0.29, 0.717) is 5.92 Å². The van der Waals surface area contributed by atoms with Gasteiger partial charge < -0.3 is 9.67 Å². The summed E-state index contributed by atoms with van der Waals surface area (Å²) < 4.78 is 2.03. The number of rotatable bonds is 5. The van der Waals surface area contributed by atoms with Gasteiger partial charge in [-0.1, -0.05) is 20.8 Å². The average Bonchev–Trinajstić information content (AvgIpc) is 2.51. The molecular weight excluding hydrogens is 176 g/mol. The standard InChI is InChI=1S/C11H20N2O/c1-4-5-13-8-12-7-10(13)11(14)6-9(2)3/h7-9,11,14H,4-6H2,1-3H3. The Morgan fingerprint density at radius 3 is 2.79 bits per heavy atom. The molecule has 0 radical (unpaired) electrons. The Labute approximate surface area is 85.8 Å². The first-order valence-corrected chi connectivity index (χ1v) is 5.33. The van der Waals surface area contributed by atoms with Crippen LogP contribution < -0.4 is 0 Å². The van der Waals surface area contributed by atoms with Crippen LogP contribution in [0, 0.1) is 5.92 Å². The van der Waals surface area contributed by atoms with Gasteiger partial charge in [0.1, 0.15) is 0 Å². The Hall–Kier alpha value is -0.830. The highest BCUT2D eigenvalue weighted by atomic mass is 16.3. The van der Waals surface area contributed by atoms with Gasteiger partial charge in [-0.25, -0.2) is 4.98 Å². The largest absolute Gasteiger partial charge is 0.387 e. The molecule has 0 fully saturated rings. The lowest BCUT2D eigenvalue weighted by molar-refractivity contribution is 0.142. The molecule has 80 valence electrons. The van der Waals surface area contributed by atoms with E-state index in [2.05, 4.69) is 25.8 Å². The lowest BCUT2D eigenvalue weighted by Crippen LogP contribution is -2.08. The maximum Gasteiger partial charge on any atom is 0.0958 e. The van der Waals surface area contributed by atoms with Crippen molar-refractivity contribution in [2.75, 3.05) is 0 Å². The number of aryl methyl sites for hydroxylation is 1. The highest BCUT2D eigenvalue weighted by Crippen LogP contribution is 2.20. The van der Waals surface area contributed by atoms with E-state index < -0.39 is 0 Å². The number of aromatic nitrogens is 2. The van der Waals surface area contributed by atoms with Crippen molar-refractivity contribution in [2.45, 2.75) is 46.3 Å². The molecule has 1 aromatic heterocycles. The number of hydrogen-bond donors (Lipinski definition) is 1. The minimum absolute atomic E-state index is 0.371. The van der Waals surface area contributed by atoms with Crippen molar-refractivity contribution in [1.82, 2.24) is 9.55 Å².